The molecule has 0 spiro atoms. The van der Waals surface area contributed by atoms with Crippen LogP contribution in [0.2, 0.25) is 0 Å². The number of carbonyl (C=O) groups excluding carboxylic acids is 1. The number of nitrogens with zero attached hydrogens (tertiary/aromatic N) is 2. The van der Waals surface area contributed by atoms with Gasteiger partial charge in [-0.05, 0) is 57.4 Å². The third kappa shape index (κ3) is 6.00. The van der Waals surface area contributed by atoms with Gasteiger partial charge < -0.3 is 15.5 Å². The van der Waals surface area contributed by atoms with Crippen LogP contribution < -0.4 is 10.6 Å². The van der Waals surface area contributed by atoms with Crippen molar-refractivity contribution >= 4 is 33.3 Å². The molecular weight excluding hydrogens is 356 g/mol. The Kier molecular flexibility index (Phi) is 6.55. The van der Waals surface area contributed by atoms with E-state index >= 15 is 0 Å². The molecule has 0 aliphatic carbocycles. The Morgan fingerprint density at radius 3 is 2.74 bits per heavy atom. The molecule has 1 aromatic heterocycles. The number of benzene rings is 1. The molecule has 1 heterocycles. The largest absolute Gasteiger partial charge is 0.352 e. The standard InChI is InChI=1S/C17H21BrN4O/c1-22(2)10-4-9-19-17(23)13-7-8-16(20-12-13)21-15-6-3-5-14(18)11-15/h3,5-8,11-12H,4,9-10H2,1-2H3,(H,19,23)(H,20,21). The van der Waals surface area contributed by atoms with Gasteiger partial charge in [0, 0.05) is 22.9 Å². The lowest BCUT2D eigenvalue weighted by Gasteiger charge is -2.10. The number of nitrogens with one attached hydrogen (secondary N) is 2. The number of carbonyl (C=O) groups is 1. The molecule has 0 saturated carbocycles. The van der Waals surface area contributed by atoms with E-state index in [4.69, 9.17) is 0 Å². The topological polar surface area (TPSA) is 57.3 Å². The van der Waals surface area contributed by atoms with E-state index in [-0.39, 0.29) is 5.91 Å². The molecule has 0 saturated heterocycles. The second kappa shape index (κ2) is 8.64. The summed E-state index contributed by atoms with van der Waals surface area (Å²) >= 11 is 3.43. The predicted octanol–water partition coefficient (Wildman–Crippen LogP) is 3.27. The molecule has 2 aromatic rings. The van der Waals surface area contributed by atoms with Crippen molar-refractivity contribution in [3.63, 3.8) is 0 Å². The van der Waals surface area contributed by atoms with Crippen LogP contribution in [-0.2, 0) is 0 Å². The molecule has 6 heteroatoms. The first-order chi connectivity index (χ1) is 11.0. The molecule has 0 bridgehead atoms. The van der Waals surface area contributed by atoms with Gasteiger partial charge in [0.15, 0.2) is 0 Å². The fourth-order valence-corrected chi connectivity index (χ4v) is 2.41. The predicted molar refractivity (Wildman–Crippen MR) is 97.2 cm³/mol. The Morgan fingerprint density at radius 1 is 1.26 bits per heavy atom. The van der Waals surface area contributed by atoms with E-state index in [1.807, 2.05) is 38.4 Å². The quantitative estimate of drug-likeness (QED) is 0.728. The highest BCUT2D eigenvalue weighted by Gasteiger charge is 2.06. The average molecular weight is 377 g/mol. The van der Waals surface area contributed by atoms with Crippen molar-refractivity contribution in [1.29, 1.82) is 0 Å². The zero-order valence-electron chi connectivity index (χ0n) is 13.3. The number of anilines is 2. The molecular formula is C17H21BrN4O. The molecule has 1 aromatic carbocycles. The summed E-state index contributed by atoms with van der Waals surface area (Å²) < 4.78 is 0.997. The smallest absolute Gasteiger partial charge is 0.252 e. The molecule has 0 fully saturated rings. The first kappa shape index (κ1) is 17.4. The molecule has 0 unspecified atom stereocenters. The summed E-state index contributed by atoms with van der Waals surface area (Å²) in [6.07, 6.45) is 2.51. The van der Waals surface area contributed by atoms with Crippen molar-refractivity contribution in [2.24, 2.45) is 0 Å². The summed E-state index contributed by atoms with van der Waals surface area (Å²) in [6, 6.07) is 11.4. The minimum atomic E-state index is -0.0924. The van der Waals surface area contributed by atoms with Gasteiger partial charge in [-0.25, -0.2) is 4.98 Å². The first-order valence-electron chi connectivity index (χ1n) is 7.46. The molecule has 2 rings (SSSR count). The summed E-state index contributed by atoms with van der Waals surface area (Å²) in [4.78, 5) is 18.4. The molecule has 0 atom stereocenters. The molecule has 23 heavy (non-hydrogen) atoms. The van der Waals surface area contributed by atoms with Crippen LogP contribution in [0.5, 0.6) is 0 Å². The lowest BCUT2D eigenvalue weighted by atomic mass is 10.2. The summed E-state index contributed by atoms with van der Waals surface area (Å²) in [5, 5.41) is 6.10. The molecule has 1 amide bonds. The van der Waals surface area contributed by atoms with Gasteiger partial charge in [-0.15, -0.1) is 0 Å². The van der Waals surface area contributed by atoms with Gasteiger partial charge in [0.25, 0.3) is 5.91 Å². The van der Waals surface area contributed by atoms with Gasteiger partial charge in [0.05, 0.1) is 5.56 Å². The highest BCUT2D eigenvalue weighted by Crippen LogP contribution is 2.19. The maximum atomic E-state index is 12.0. The lowest BCUT2D eigenvalue weighted by Crippen LogP contribution is -2.27. The number of rotatable bonds is 7. The van der Waals surface area contributed by atoms with Crippen LogP contribution >= 0.6 is 15.9 Å². The van der Waals surface area contributed by atoms with Gasteiger partial charge in [0.1, 0.15) is 5.82 Å². The van der Waals surface area contributed by atoms with Gasteiger partial charge in [-0.3, -0.25) is 4.79 Å². The molecule has 2 N–H and O–H groups in total. The summed E-state index contributed by atoms with van der Waals surface area (Å²) in [6.45, 7) is 1.61. The van der Waals surface area contributed by atoms with Gasteiger partial charge in [-0.1, -0.05) is 22.0 Å². The maximum absolute atomic E-state index is 12.0. The number of hydrogen-bond donors (Lipinski definition) is 2. The Morgan fingerprint density at radius 2 is 2.09 bits per heavy atom. The maximum Gasteiger partial charge on any atom is 0.252 e. The van der Waals surface area contributed by atoms with E-state index in [0.717, 1.165) is 23.1 Å². The van der Waals surface area contributed by atoms with Gasteiger partial charge >= 0.3 is 0 Å². The van der Waals surface area contributed by atoms with E-state index in [2.05, 4.69) is 36.4 Å². The number of aromatic nitrogens is 1. The zero-order chi connectivity index (χ0) is 16.7. The van der Waals surface area contributed by atoms with E-state index in [0.29, 0.717) is 17.9 Å². The van der Waals surface area contributed by atoms with E-state index in [9.17, 15) is 4.79 Å². The SMILES string of the molecule is CN(C)CCCNC(=O)c1ccc(Nc2cccc(Br)c2)nc1. The second-order valence-corrected chi connectivity index (χ2v) is 6.40. The molecule has 0 aliphatic rings. The summed E-state index contributed by atoms with van der Waals surface area (Å²) in [5.74, 6) is 0.609. The van der Waals surface area contributed by atoms with Crippen LogP contribution in [0.1, 0.15) is 16.8 Å². The Labute approximate surface area is 145 Å². The van der Waals surface area contributed by atoms with Gasteiger partial charge in [-0.2, -0.15) is 0 Å². The second-order valence-electron chi connectivity index (χ2n) is 5.48. The van der Waals surface area contributed by atoms with Crippen molar-refractivity contribution < 1.29 is 4.79 Å². The average Bonchev–Trinajstić information content (AvgIpc) is 2.52. The zero-order valence-corrected chi connectivity index (χ0v) is 14.9. The fourth-order valence-electron chi connectivity index (χ4n) is 2.02. The van der Waals surface area contributed by atoms with E-state index in [1.165, 1.54) is 0 Å². The van der Waals surface area contributed by atoms with Crippen LogP contribution in [0, 0.1) is 0 Å². The van der Waals surface area contributed by atoms with Crippen molar-refractivity contribution in [3.05, 3.63) is 52.6 Å². The Hall–Kier alpha value is -1.92. The number of amides is 1. The van der Waals surface area contributed by atoms with Crippen LogP contribution in [-0.4, -0.2) is 43.0 Å². The third-order valence-corrected chi connectivity index (χ3v) is 3.68. The number of halogens is 1. The van der Waals surface area contributed by atoms with Crippen LogP contribution in [0.4, 0.5) is 11.5 Å². The Balaban J connectivity index is 1.87. The highest BCUT2D eigenvalue weighted by molar-refractivity contribution is 9.10. The molecule has 0 radical (unpaired) electrons. The number of pyridine rings is 1. The lowest BCUT2D eigenvalue weighted by molar-refractivity contribution is 0.0952. The molecule has 5 nitrogen and oxygen atoms in total. The van der Waals surface area contributed by atoms with Crippen molar-refractivity contribution in [1.82, 2.24) is 15.2 Å². The van der Waals surface area contributed by atoms with Crippen molar-refractivity contribution in [2.45, 2.75) is 6.42 Å². The summed E-state index contributed by atoms with van der Waals surface area (Å²) in [5.41, 5.74) is 1.50. The minimum absolute atomic E-state index is 0.0924. The fraction of sp³-hybridized carbons (Fsp3) is 0.294. The molecule has 122 valence electrons. The normalized spacial score (nSPS) is 10.6. The van der Waals surface area contributed by atoms with Crippen LogP contribution in [0.3, 0.4) is 0 Å². The van der Waals surface area contributed by atoms with Crippen molar-refractivity contribution in [2.75, 3.05) is 32.5 Å². The van der Waals surface area contributed by atoms with Crippen LogP contribution in [0.25, 0.3) is 0 Å². The van der Waals surface area contributed by atoms with E-state index in [1.54, 1.807) is 18.3 Å². The molecule has 0 aliphatic heterocycles. The Bertz CT molecular complexity index is 643. The number of hydrogen-bond acceptors (Lipinski definition) is 4. The van der Waals surface area contributed by atoms with Crippen LogP contribution in [0.15, 0.2) is 47.1 Å². The highest BCUT2D eigenvalue weighted by atomic mass is 79.9. The summed E-state index contributed by atoms with van der Waals surface area (Å²) in [7, 11) is 4.03. The minimum Gasteiger partial charge on any atom is -0.352 e. The van der Waals surface area contributed by atoms with Crippen molar-refractivity contribution in [3.8, 4) is 0 Å². The third-order valence-electron chi connectivity index (χ3n) is 3.19. The first-order valence-corrected chi connectivity index (χ1v) is 8.25. The monoisotopic (exact) mass is 376 g/mol. The van der Waals surface area contributed by atoms with Gasteiger partial charge in [0.2, 0.25) is 0 Å². The van der Waals surface area contributed by atoms with E-state index < -0.39 is 0 Å².